The van der Waals surface area contributed by atoms with E-state index in [0.717, 1.165) is 11.5 Å². The molecule has 2 heterocycles. The van der Waals surface area contributed by atoms with Gasteiger partial charge in [0, 0.05) is 18.8 Å². The van der Waals surface area contributed by atoms with E-state index in [0.29, 0.717) is 25.1 Å². The standard InChI is InChI=1S/C16H16N2O3S2/c17-12-13-3-5-14(6-4-13)23(19,20)18-8-7-16(22-11-9-18)15-2-1-10-21-15/h1-6,10,16H,7-9,11H2. The molecule has 1 aromatic heterocycles. The lowest BCUT2D eigenvalue weighted by atomic mass is 10.2. The number of rotatable bonds is 3. The highest BCUT2D eigenvalue weighted by atomic mass is 32.2. The first kappa shape index (κ1) is 16.1. The number of nitrogens with zero attached hydrogens (tertiary/aromatic N) is 2. The molecule has 3 rings (SSSR count). The van der Waals surface area contributed by atoms with Crippen LogP contribution in [0.2, 0.25) is 0 Å². The fraction of sp³-hybridized carbons (Fsp3) is 0.312. The van der Waals surface area contributed by atoms with E-state index < -0.39 is 10.0 Å². The van der Waals surface area contributed by atoms with Crippen LogP contribution in [0.25, 0.3) is 0 Å². The molecule has 1 aliphatic heterocycles. The van der Waals surface area contributed by atoms with E-state index in [2.05, 4.69) is 0 Å². The van der Waals surface area contributed by atoms with E-state index in [9.17, 15) is 8.42 Å². The molecule has 0 spiro atoms. The number of thioether (sulfide) groups is 1. The van der Waals surface area contributed by atoms with Crippen LogP contribution in [0.15, 0.2) is 52.0 Å². The van der Waals surface area contributed by atoms with Gasteiger partial charge >= 0.3 is 0 Å². The third kappa shape index (κ3) is 3.44. The van der Waals surface area contributed by atoms with E-state index >= 15 is 0 Å². The summed E-state index contributed by atoms with van der Waals surface area (Å²) in [5.41, 5.74) is 0.452. The van der Waals surface area contributed by atoms with E-state index in [1.807, 2.05) is 18.2 Å². The van der Waals surface area contributed by atoms with Gasteiger partial charge in [0.2, 0.25) is 10.0 Å². The molecule has 0 saturated carbocycles. The van der Waals surface area contributed by atoms with Crippen molar-refractivity contribution in [2.24, 2.45) is 0 Å². The van der Waals surface area contributed by atoms with Gasteiger partial charge in [0.15, 0.2) is 0 Å². The summed E-state index contributed by atoms with van der Waals surface area (Å²) in [5.74, 6) is 1.62. The van der Waals surface area contributed by atoms with E-state index in [4.69, 9.17) is 9.68 Å². The van der Waals surface area contributed by atoms with Crippen LogP contribution in [0, 0.1) is 11.3 Å². The van der Waals surface area contributed by atoms with Gasteiger partial charge in [0.05, 0.1) is 28.0 Å². The zero-order valence-electron chi connectivity index (χ0n) is 12.4. The number of furan rings is 1. The number of sulfonamides is 1. The molecule has 23 heavy (non-hydrogen) atoms. The fourth-order valence-electron chi connectivity index (χ4n) is 2.54. The summed E-state index contributed by atoms with van der Waals surface area (Å²) in [6.45, 7) is 0.935. The highest BCUT2D eigenvalue weighted by molar-refractivity contribution is 7.99. The lowest BCUT2D eigenvalue weighted by Crippen LogP contribution is -2.33. The second kappa shape index (κ2) is 6.79. The fourth-order valence-corrected chi connectivity index (χ4v) is 5.29. The second-order valence-electron chi connectivity index (χ2n) is 5.20. The minimum Gasteiger partial charge on any atom is -0.468 e. The maximum Gasteiger partial charge on any atom is 0.243 e. The van der Waals surface area contributed by atoms with Gasteiger partial charge in [0.1, 0.15) is 5.76 Å². The Kier molecular flexibility index (Phi) is 4.76. The maximum atomic E-state index is 12.7. The van der Waals surface area contributed by atoms with Gasteiger partial charge in [-0.2, -0.15) is 9.57 Å². The first-order valence-corrected chi connectivity index (χ1v) is 9.75. The molecule has 1 atom stereocenters. The van der Waals surface area contributed by atoms with Crippen LogP contribution in [0.4, 0.5) is 0 Å². The normalized spacial score (nSPS) is 19.9. The van der Waals surface area contributed by atoms with Gasteiger partial charge in [-0.3, -0.25) is 0 Å². The predicted molar refractivity (Wildman–Crippen MR) is 88.4 cm³/mol. The summed E-state index contributed by atoms with van der Waals surface area (Å²) in [6, 6.07) is 11.8. The number of hydrogen-bond acceptors (Lipinski definition) is 5. The zero-order chi connectivity index (χ0) is 16.3. The third-order valence-corrected chi connectivity index (χ3v) is 6.98. The Labute approximate surface area is 140 Å². The third-order valence-electron chi connectivity index (χ3n) is 3.78. The molecule has 0 radical (unpaired) electrons. The Bertz CT molecular complexity index is 793. The van der Waals surface area contributed by atoms with Gasteiger partial charge in [-0.15, -0.1) is 11.8 Å². The Balaban J connectivity index is 1.76. The monoisotopic (exact) mass is 348 g/mol. The number of benzene rings is 1. The second-order valence-corrected chi connectivity index (χ2v) is 8.45. The van der Waals surface area contributed by atoms with Crippen LogP contribution in [0.5, 0.6) is 0 Å². The highest BCUT2D eigenvalue weighted by Crippen LogP contribution is 2.35. The number of hydrogen-bond donors (Lipinski definition) is 0. The summed E-state index contributed by atoms with van der Waals surface area (Å²) in [5, 5.41) is 9.00. The Morgan fingerprint density at radius 2 is 2.00 bits per heavy atom. The lowest BCUT2D eigenvalue weighted by molar-refractivity contribution is 0.417. The number of nitriles is 1. The molecule has 120 valence electrons. The van der Waals surface area contributed by atoms with Crippen molar-refractivity contribution in [3.05, 3.63) is 54.0 Å². The summed E-state index contributed by atoms with van der Waals surface area (Å²) < 4.78 is 32.4. The Morgan fingerprint density at radius 3 is 2.65 bits per heavy atom. The summed E-state index contributed by atoms with van der Waals surface area (Å²) in [7, 11) is -3.52. The van der Waals surface area contributed by atoms with Gasteiger partial charge in [-0.1, -0.05) is 0 Å². The molecular weight excluding hydrogens is 332 g/mol. The van der Waals surface area contributed by atoms with Gasteiger partial charge < -0.3 is 4.42 Å². The minimum absolute atomic E-state index is 0.186. The van der Waals surface area contributed by atoms with Crippen molar-refractivity contribution in [1.82, 2.24) is 4.31 Å². The molecule has 1 aromatic carbocycles. The van der Waals surface area contributed by atoms with Crippen LogP contribution >= 0.6 is 11.8 Å². The molecule has 1 saturated heterocycles. The topological polar surface area (TPSA) is 74.3 Å². The van der Waals surface area contributed by atoms with E-state index in [1.54, 1.807) is 18.0 Å². The molecule has 1 fully saturated rings. The van der Waals surface area contributed by atoms with Gasteiger partial charge in [-0.25, -0.2) is 8.42 Å². The molecular formula is C16H16N2O3S2. The molecule has 2 aromatic rings. The lowest BCUT2D eigenvalue weighted by Gasteiger charge is -2.19. The molecule has 0 amide bonds. The first-order valence-electron chi connectivity index (χ1n) is 7.26. The van der Waals surface area contributed by atoms with Gasteiger partial charge in [0.25, 0.3) is 0 Å². The molecule has 7 heteroatoms. The quantitative estimate of drug-likeness (QED) is 0.852. The van der Waals surface area contributed by atoms with E-state index in [-0.39, 0.29) is 10.1 Å². The molecule has 1 aliphatic rings. The minimum atomic E-state index is -3.52. The summed E-state index contributed by atoms with van der Waals surface area (Å²) >= 11 is 1.72. The smallest absolute Gasteiger partial charge is 0.243 e. The van der Waals surface area contributed by atoms with Crippen LogP contribution in [0.3, 0.4) is 0 Å². The van der Waals surface area contributed by atoms with Crippen molar-refractivity contribution in [2.45, 2.75) is 16.6 Å². The molecule has 1 unspecified atom stereocenters. The average Bonchev–Trinajstić information content (AvgIpc) is 2.99. The predicted octanol–water partition coefficient (Wildman–Crippen LogP) is 3.02. The van der Waals surface area contributed by atoms with Crippen molar-refractivity contribution in [1.29, 1.82) is 5.26 Å². The first-order chi connectivity index (χ1) is 11.1. The van der Waals surface area contributed by atoms with Crippen molar-refractivity contribution in [3.8, 4) is 6.07 Å². The summed E-state index contributed by atoms with van der Waals surface area (Å²) in [4.78, 5) is 0.234. The van der Waals surface area contributed by atoms with Crippen molar-refractivity contribution < 1.29 is 12.8 Å². The van der Waals surface area contributed by atoms with E-state index in [1.165, 1.54) is 28.6 Å². The Morgan fingerprint density at radius 1 is 1.22 bits per heavy atom. The maximum absolute atomic E-state index is 12.7. The van der Waals surface area contributed by atoms with Crippen molar-refractivity contribution in [2.75, 3.05) is 18.8 Å². The Hall–Kier alpha value is -1.75. The van der Waals surface area contributed by atoms with Crippen LogP contribution in [0.1, 0.15) is 23.0 Å². The zero-order valence-corrected chi connectivity index (χ0v) is 14.0. The molecule has 0 aliphatic carbocycles. The van der Waals surface area contributed by atoms with Crippen LogP contribution in [-0.4, -0.2) is 31.6 Å². The van der Waals surface area contributed by atoms with Crippen LogP contribution in [-0.2, 0) is 10.0 Å². The molecule has 0 bridgehead atoms. The van der Waals surface area contributed by atoms with Crippen molar-refractivity contribution in [3.63, 3.8) is 0 Å². The van der Waals surface area contributed by atoms with Gasteiger partial charge in [-0.05, 0) is 42.8 Å². The van der Waals surface area contributed by atoms with Crippen molar-refractivity contribution >= 4 is 21.8 Å². The average molecular weight is 348 g/mol. The SMILES string of the molecule is N#Cc1ccc(S(=O)(=O)N2CCSC(c3ccco3)CC2)cc1. The summed E-state index contributed by atoms with van der Waals surface area (Å²) in [6.07, 6.45) is 2.36. The molecule has 0 N–H and O–H groups in total. The highest BCUT2D eigenvalue weighted by Gasteiger charge is 2.29. The van der Waals surface area contributed by atoms with Crippen LogP contribution < -0.4 is 0 Å². The molecule has 5 nitrogen and oxygen atoms in total. The largest absolute Gasteiger partial charge is 0.468 e.